The van der Waals surface area contributed by atoms with Crippen LogP contribution >= 0.6 is 15.9 Å². The fourth-order valence-electron chi connectivity index (χ4n) is 2.98. The third kappa shape index (κ3) is 0.688. The topological polar surface area (TPSA) is 17.1 Å². The summed E-state index contributed by atoms with van der Waals surface area (Å²) in [5.41, 5.74) is 0.157. The first kappa shape index (κ1) is 8.74. The molecule has 0 aromatic rings. The zero-order chi connectivity index (χ0) is 9.15. The van der Waals surface area contributed by atoms with Crippen molar-refractivity contribution in [1.29, 1.82) is 0 Å². The Morgan fingerprint density at radius 2 is 2.00 bits per heavy atom. The molecule has 2 aliphatic rings. The Morgan fingerprint density at radius 3 is 2.25 bits per heavy atom. The quantitative estimate of drug-likeness (QED) is 0.586. The van der Waals surface area contributed by atoms with E-state index >= 15 is 0 Å². The third-order valence-corrected chi connectivity index (χ3v) is 5.51. The van der Waals surface area contributed by atoms with E-state index in [2.05, 4.69) is 36.7 Å². The summed E-state index contributed by atoms with van der Waals surface area (Å²) in [7, 11) is 0. The lowest BCUT2D eigenvalue weighted by atomic mass is 9.70. The van der Waals surface area contributed by atoms with Crippen LogP contribution in [-0.4, -0.2) is 10.6 Å². The Morgan fingerprint density at radius 1 is 1.42 bits per heavy atom. The van der Waals surface area contributed by atoms with Crippen LogP contribution in [0.4, 0.5) is 0 Å². The molecule has 2 fully saturated rings. The predicted molar refractivity (Wildman–Crippen MR) is 52.3 cm³/mol. The van der Waals surface area contributed by atoms with Gasteiger partial charge in [0.1, 0.15) is 0 Å². The van der Waals surface area contributed by atoms with Crippen LogP contribution in [0.5, 0.6) is 0 Å². The summed E-state index contributed by atoms with van der Waals surface area (Å²) in [4.78, 5) is 12.0. The molecule has 2 rings (SSSR count). The van der Waals surface area contributed by atoms with Crippen LogP contribution in [0.25, 0.3) is 0 Å². The molecular weight excluding hydrogens is 216 g/mol. The molecule has 1 unspecified atom stereocenters. The number of rotatable bonds is 0. The van der Waals surface area contributed by atoms with E-state index in [0.29, 0.717) is 11.7 Å². The lowest BCUT2D eigenvalue weighted by molar-refractivity contribution is -0.127. The van der Waals surface area contributed by atoms with Crippen molar-refractivity contribution in [2.24, 2.45) is 16.7 Å². The smallest absolute Gasteiger partial charge is 0.153 e. The number of fused-ring (bicyclic) bond motifs is 2. The molecule has 0 heterocycles. The monoisotopic (exact) mass is 230 g/mol. The van der Waals surface area contributed by atoms with E-state index in [1.807, 2.05) is 0 Å². The molecule has 2 bridgehead atoms. The van der Waals surface area contributed by atoms with Crippen molar-refractivity contribution < 1.29 is 4.79 Å². The number of alkyl halides is 1. The van der Waals surface area contributed by atoms with Gasteiger partial charge in [0.05, 0.1) is 4.83 Å². The van der Waals surface area contributed by atoms with Crippen LogP contribution in [-0.2, 0) is 4.79 Å². The zero-order valence-corrected chi connectivity index (χ0v) is 9.44. The Bertz CT molecular complexity index is 246. The van der Waals surface area contributed by atoms with Crippen molar-refractivity contribution in [3.8, 4) is 0 Å². The van der Waals surface area contributed by atoms with Crippen molar-refractivity contribution in [2.45, 2.75) is 38.4 Å². The molecule has 0 radical (unpaired) electrons. The molecular formula is C10H15BrO. The van der Waals surface area contributed by atoms with Crippen molar-refractivity contribution >= 4 is 21.7 Å². The Hall–Kier alpha value is 0.150. The third-order valence-electron chi connectivity index (χ3n) is 4.45. The fourth-order valence-corrected chi connectivity index (χ4v) is 4.41. The van der Waals surface area contributed by atoms with Gasteiger partial charge in [0.15, 0.2) is 5.78 Å². The van der Waals surface area contributed by atoms with E-state index in [9.17, 15) is 4.79 Å². The Balaban J connectivity index is 2.50. The maximum absolute atomic E-state index is 11.9. The molecule has 2 saturated carbocycles. The molecule has 2 aliphatic carbocycles. The van der Waals surface area contributed by atoms with Crippen molar-refractivity contribution in [2.75, 3.05) is 0 Å². The van der Waals surface area contributed by atoms with E-state index in [1.165, 1.54) is 6.42 Å². The van der Waals surface area contributed by atoms with Crippen LogP contribution in [0.15, 0.2) is 0 Å². The summed E-state index contributed by atoms with van der Waals surface area (Å²) in [6.45, 7) is 6.62. The van der Waals surface area contributed by atoms with Crippen molar-refractivity contribution in [3.63, 3.8) is 0 Å². The summed E-state index contributed by atoms with van der Waals surface area (Å²) in [5, 5.41) is 0. The van der Waals surface area contributed by atoms with Gasteiger partial charge in [-0.3, -0.25) is 4.79 Å². The second kappa shape index (κ2) is 2.14. The molecule has 0 aliphatic heterocycles. The molecule has 2 heteroatoms. The van der Waals surface area contributed by atoms with Crippen LogP contribution in [0.1, 0.15) is 33.6 Å². The maximum Gasteiger partial charge on any atom is 0.153 e. The van der Waals surface area contributed by atoms with Gasteiger partial charge >= 0.3 is 0 Å². The van der Waals surface area contributed by atoms with Gasteiger partial charge in [-0.15, -0.1) is 0 Å². The molecule has 3 atom stereocenters. The maximum atomic E-state index is 11.9. The highest BCUT2D eigenvalue weighted by Gasteiger charge is 2.65. The second-order valence-corrected chi connectivity index (χ2v) is 5.95. The number of ketones is 1. The first-order valence-electron chi connectivity index (χ1n) is 4.59. The average Bonchev–Trinajstić information content (AvgIpc) is 2.26. The van der Waals surface area contributed by atoms with Gasteiger partial charge in [-0.2, -0.15) is 0 Å². The zero-order valence-electron chi connectivity index (χ0n) is 7.86. The Labute approximate surface area is 82.0 Å². The first-order chi connectivity index (χ1) is 5.41. The van der Waals surface area contributed by atoms with E-state index in [0.717, 1.165) is 6.42 Å². The number of hydrogen-bond donors (Lipinski definition) is 0. The first-order valence-corrected chi connectivity index (χ1v) is 5.51. The van der Waals surface area contributed by atoms with Gasteiger partial charge in [0.25, 0.3) is 0 Å². The normalized spacial score (nSPS) is 50.2. The van der Waals surface area contributed by atoms with Gasteiger partial charge in [-0.05, 0) is 24.2 Å². The van der Waals surface area contributed by atoms with Gasteiger partial charge in [-0.1, -0.05) is 36.7 Å². The summed E-state index contributed by atoms with van der Waals surface area (Å²) >= 11 is 3.52. The number of carbonyl (C=O) groups excluding carboxylic acids is 1. The van der Waals surface area contributed by atoms with Gasteiger partial charge in [0, 0.05) is 5.41 Å². The molecule has 0 N–H and O–H groups in total. The molecule has 12 heavy (non-hydrogen) atoms. The second-order valence-electron chi connectivity index (χ2n) is 4.96. The van der Waals surface area contributed by atoms with Gasteiger partial charge in [0.2, 0.25) is 0 Å². The number of halogens is 1. The van der Waals surface area contributed by atoms with Gasteiger partial charge < -0.3 is 0 Å². The van der Waals surface area contributed by atoms with Crippen molar-refractivity contribution in [1.82, 2.24) is 0 Å². The van der Waals surface area contributed by atoms with Crippen LogP contribution in [0, 0.1) is 16.7 Å². The fraction of sp³-hybridized carbons (Fsp3) is 0.900. The SMILES string of the molecule is CC12CC[C@H]([C@H](Br)C1=O)C2(C)C. The average molecular weight is 231 g/mol. The van der Waals surface area contributed by atoms with Crippen LogP contribution < -0.4 is 0 Å². The highest BCUT2D eigenvalue weighted by Crippen LogP contribution is 2.65. The molecule has 0 aromatic carbocycles. The number of hydrogen-bond acceptors (Lipinski definition) is 1. The summed E-state index contributed by atoms with van der Waals surface area (Å²) < 4.78 is 0. The van der Waals surface area contributed by atoms with Gasteiger partial charge in [-0.25, -0.2) is 0 Å². The van der Waals surface area contributed by atoms with Crippen LogP contribution in [0.2, 0.25) is 0 Å². The molecule has 0 amide bonds. The molecule has 0 spiro atoms. The highest BCUT2D eigenvalue weighted by molar-refractivity contribution is 9.10. The molecule has 1 nitrogen and oxygen atoms in total. The standard InChI is InChI=1S/C10H15BrO/c1-9(2)6-4-5-10(9,3)8(12)7(6)11/h6-7H,4-5H2,1-3H3/t6-,7+,10?/m1/s1. The summed E-state index contributed by atoms with van der Waals surface area (Å²) in [5.74, 6) is 0.999. The predicted octanol–water partition coefficient (Wildman–Crippen LogP) is 2.78. The van der Waals surface area contributed by atoms with Crippen molar-refractivity contribution in [3.05, 3.63) is 0 Å². The minimum absolute atomic E-state index is 0.0498. The van der Waals surface area contributed by atoms with E-state index < -0.39 is 0 Å². The lowest BCUT2D eigenvalue weighted by Crippen LogP contribution is -2.33. The molecule has 0 aromatic heterocycles. The summed E-state index contributed by atoms with van der Waals surface area (Å²) in [6, 6.07) is 0. The lowest BCUT2D eigenvalue weighted by Gasteiger charge is -2.32. The number of carbonyl (C=O) groups is 1. The van der Waals surface area contributed by atoms with E-state index in [4.69, 9.17) is 0 Å². The summed E-state index contributed by atoms with van der Waals surface area (Å²) in [6.07, 6.45) is 2.30. The molecule has 68 valence electrons. The largest absolute Gasteiger partial charge is 0.298 e. The van der Waals surface area contributed by atoms with Crippen LogP contribution in [0.3, 0.4) is 0 Å². The van der Waals surface area contributed by atoms with E-state index in [1.54, 1.807) is 0 Å². The molecule has 0 saturated heterocycles. The highest BCUT2D eigenvalue weighted by atomic mass is 79.9. The number of Topliss-reactive ketones (excluding diaryl/α,β-unsaturated/α-hetero) is 1. The minimum Gasteiger partial charge on any atom is -0.298 e. The minimum atomic E-state index is -0.0498. The van der Waals surface area contributed by atoms with E-state index in [-0.39, 0.29) is 15.7 Å². The Kier molecular flexibility index (Phi) is 1.56.